The second-order valence-electron chi connectivity index (χ2n) is 3.82. The summed E-state index contributed by atoms with van der Waals surface area (Å²) in [5.74, 6) is 1.45. The van der Waals surface area contributed by atoms with Crippen LogP contribution in [0, 0.1) is 5.92 Å². The van der Waals surface area contributed by atoms with Gasteiger partial charge in [0.05, 0.1) is 6.61 Å². The molecule has 2 heteroatoms. The summed E-state index contributed by atoms with van der Waals surface area (Å²) < 4.78 is 5.54. The Balaban J connectivity index is 2.46. The van der Waals surface area contributed by atoms with Gasteiger partial charge in [-0.05, 0) is 30.0 Å². The second kappa shape index (κ2) is 5.66. The molecular formula is C12H18O2. The number of benzene rings is 1. The van der Waals surface area contributed by atoms with Crippen LogP contribution in [-0.2, 0) is 6.42 Å². The van der Waals surface area contributed by atoms with Crippen LogP contribution in [-0.4, -0.2) is 18.3 Å². The lowest BCUT2D eigenvalue weighted by atomic mass is 10.1. The Labute approximate surface area is 85.5 Å². The van der Waals surface area contributed by atoms with E-state index < -0.39 is 0 Å². The van der Waals surface area contributed by atoms with Gasteiger partial charge in [0.25, 0.3) is 0 Å². The fraction of sp³-hybridized carbons (Fsp3) is 0.500. The first-order valence-corrected chi connectivity index (χ1v) is 5.05. The average molecular weight is 194 g/mol. The minimum absolute atomic E-state index is 0.201. The standard InChI is InChI=1S/C12H18O2/c1-10(2)9-14-12-5-3-11(4-6-12)7-8-13/h3-6,10,13H,7-9H2,1-2H3. The molecule has 0 atom stereocenters. The minimum Gasteiger partial charge on any atom is -0.493 e. The van der Waals surface area contributed by atoms with Crippen molar-refractivity contribution in [1.82, 2.24) is 0 Å². The quantitative estimate of drug-likeness (QED) is 0.779. The van der Waals surface area contributed by atoms with Crippen LogP contribution in [0.5, 0.6) is 5.75 Å². The normalized spacial score (nSPS) is 10.6. The third kappa shape index (κ3) is 3.79. The van der Waals surface area contributed by atoms with E-state index in [9.17, 15) is 0 Å². The van der Waals surface area contributed by atoms with Crippen molar-refractivity contribution >= 4 is 0 Å². The highest BCUT2D eigenvalue weighted by Gasteiger charge is 1.97. The predicted molar refractivity (Wildman–Crippen MR) is 57.6 cm³/mol. The van der Waals surface area contributed by atoms with E-state index in [1.807, 2.05) is 24.3 Å². The molecule has 1 N–H and O–H groups in total. The maximum atomic E-state index is 8.73. The van der Waals surface area contributed by atoms with Crippen LogP contribution in [0.15, 0.2) is 24.3 Å². The van der Waals surface area contributed by atoms with Gasteiger partial charge in [0, 0.05) is 6.61 Å². The summed E-state index contributed by atoms with van der Waals surface area (Å²) in [6.07, 6.45) is 0.713. The van der Waals surface area contributed by atoms with E-state index in [2.05, 4.69) is 13.8 Å². The van der Waals surface area contributed by atoms with Crippen LogP contribution in [0.2, 0.25) is 0 Å². The summed E-state index contributed by atoms with van der Waals surface area (Å²) in [7, 11) is 0. The number of hydrogen-bond donors (Lipinski definition) is 1. The number of aliphatic hydroxyl groups is 1. The summed E-state index contributed by atoms with van der Waals surface area (Å²) in [5, 5.41) is 8.73. The van der Waals surface area contributed by atoms with Crippen molar-refractivity contribution in [2.24, 2.45) is 5.92 Å². The van der Waals surface area contributed by atoms with Crippen molar-refractivity contribution < 1.29 is 9.84 Å². The van der Waals surface area contributed by atoms with Gasteiger partial charge >= 0.3 is 0 Å². The molecule has 0 amide bonds. The van der Waals surface area contributed by atoms with E-state index in [0.717, 1.165) is 17.9 Å². The number of rotatable bonds is 5. The van der Waals surface area contributed by atoms with Gasteiger partial charge in [-0.3, -0.25) is 0 Å². The van der Waals surface area contributed by atoms with Crippen molar-refractivity contribution in [3.8, 4) is 5.75 Å². The zero-order valence-corrected chi connectivity index (χ0v) is 8.86. The maximum absolute atomic E-state index is 8.73. The smallest absolute Gasteiger partial charge is 0.119 e. The molecule has 0 aliphatic heterocycles. The minimum atomic E-state index is 0.201. The first-order valence-electron chi connectivity index (χ1n) is 5.05. The molecule has 2 nitrogen and oxygen atoms in total. The SMILES string of the molecule is CC(C)COc1ccc(CCO)cc1. The average Bonchev–Trinajstić information content (AvgIpc) is 2.17. The molecule has 0 spiro atoms. The molecule has 14 heavy (non-hydrogen) atoms. The van der Waals surface area contributed by atoms with Gasteiger partial charge in [-0.1, -0.05) is 26.0 Å². The first-order chi connectivity index (χ1) is 6.72. The van der Waals surface area contributed by atoms with Crippen molar-refractivity contribution in [3.63, 3.8) is 0 Å². The number of aliphatic hydroxyl groups excluding tert-OH is 1. The maximum Gasteiger partial charge on any atom is 0.119 e. The molecule has 1 rings (SSSR count). The zero-order valence-electron chi connectivity index (χ0n) is 8.86. The monoisotopic (exact) mass is 194 g/mol. The molecule has 0 saturated heterocycles. The van der Waals surface area contributed by atoms with E-state index in [4.69, 9.17) is 9.84 Å². The highest BCUT2D eigenvalue weighted by molar-refractivity contribution is 5.27. The summed E-state index contributed by atoms with van der Waals surface area (Å²) in [5.41, 5.74) is 1.14. The van der Waals surface area contributed by atoms with Gasteiger partial charge in [-0.15, -0.1) is 0 Å². The van der Waals surface area contributed by atoms with Crippen LogP contribution in [0.4, 0.5) is 0 Å². The molecule has 0 aliphatic rings. The third-order valence-corrected chi connectivity index (χ3v) is 1.91. The van der Waals surface area contributed by atoms with Crippen molar-refractivity contribution in [2.45, 2.75) is 20.3 Å². The first kappa shape index (κ1) is 11.1. The van der Waals surface area contributed by atoms with Crippen LogP contribution in [0.25, 0.3) is 0 Å². The summed E-state index contributed by atoms with van der Waals surface area (Å²) in [6.45, 7) is 5.20. The zero-order chi connectivity index (χ0) is 10.4. The Morgan fingerprint density at radius 2 is 1.86 bits per heavy atom. The highest BCUT2D eigenvalue weighted by Crippen LogP contribution is 2.13. The van der Waals surface area contributed by atoms with Gasteiger partial charge in [0.1, 0.15) is 5.75 Å². The highest BCUT2D eigenvalue weighted by atomic mass is 16.5. The Morgan fingerprint density at radius 3 is 2.36 bits per heavy atom. The summed E-state index contributed by atoms with van der Waals surface area (Å²) >= 11 is 0. The molecule has 0 bridgehead atoms. The van der Waals surface area contributed by atoms with Crippen molar-refractivity contribution in [2.75, 3.05) is 13.2 Å². The summed E-state index contributed by atoms with van der Waals surface area (Å²) in [4.78, 5) is 0. The molecule has 0 aromatic heterocycles. The molecule has 0 heterocycles. The van der Waals surface area contributed by atoms with Gasteiger partial charge < -0.3 is 9.84 Å². The van der Waals surface area contributed by atoms with Crippen molar-refractivity contribution in [3.05, 3.63) is 29.8 Å². The van der Waals surface area contributed by atoms with Crippen LogP contribution in [0.3, 0.4) is 0 Å². The lowest BCUT2D eigenvalue weighted by Gasteiger charge is -2.08. The number of hydrogen-bond acceptors (Lipinski definition) is 2. The van der Waals surface area contributed by atoms with E-state index in [1.165, 1.54) is 0 Å². The summed E-state index contributed by atoms with van der Waals surface area (Å²) in [6, 6.07) is 7.89. The predicted octanol–water partition coefficient (Wildman–Crippen LogP) is 2.26. The van der Waals surface area contributed by atoms with Crippen LogP contribution in [0.1, 0.15) is 19.4 Å². The molecule has 1 aromatic carbocycles. The topological polar surface area (TPSA) is 29.5 Å². The molecule has 0 saturated carbocycles. The van der Waals surface area contributed by atoms with E-state index in [0.29, 0.717) is 12.3 Å². The van der Waals surface area contributed by atoms with Gasteiger partial charge in [-0.2, -0.15) is 0 Å². The van der Waals surface area contributed by atoms with Gasteiger partial charge in [-0.25, -0.2) is 0 Å². The van der Waals surface area contributed by atoms with Gasteiger partial charge in [0.2, 0.25) is 0 Å². The number of ether oxygens (including phenoxy) is 1. The molecule has 0 aliphatic carbocycles. The van der Waals surface area contributed by atoms with Gasteiger partial charge in [0.15, 0.2) is 0 Å². The third-order valence-electron chi connectivity index (χ3n) is 1.91. The lowest BCUT2D eigenvalue weighted by Crippen LogP contribution is -2.04. The van der Waals surface area contributed by atoms with E-state index in [-0.39, 0.29) is 6.61 Å². The molecule has 0 radical (unpaired) electrons. The largest absolute Gasteiger partial charge is 0.493 e. The Kier molecular flexibility index (Phi) is 4.47. The van der Waals surface area contributed by atoms with E-state index in [1.54, 1.807) is 0 Å². The Bertz CT molecular complexity index is 252. The fourth-order valence-electron chi connectivity index (χ4n) is 1.14. The molecule has 78 valence electrons. The Hall–Kier alpha value is -1.02. The molecule has 0 fully saturated rings. The molecule has 0 unspecified atom stereocenters. The second-order valence-corrected chi connectivity index (χ2v) is 3.82. The lowest BCUT2D eigenvalue weighted by molar-refractivity contribution is 0.271. The molecular weight excluding hydrogens is 176 g/mol. The van der Waals surface area contributed by atoms with Crippen LogP contribution < -0.4 is 4.74 Å². The Morgan fingerprint density at radius 1 is 1.21 bits per heavy atom. The van der Waals surface area contributed by atoms with Crippen LogP contribution >= 0.6 is 0 Å². The fourth-order valence-corrected chi connectivity index (χ4v) is 1.14. The molecule has 1 aromatic rings. The van der Waals surface area contributed by atoms with E-state index >= 15 is 0 Å². The van der Waals surface area contributed by atoms with Crippen molar-refractivity contribution in [1.29, 1.82) is 0 Å².